The van der Waals surface area contributed by atoms with Crippen LogP contribution in [0, 0.1) is 5.82 Å². The highest BCUT2D eigenvalue weighted by molar-refractivity contribution is 8.17. The Balaban J connectivity index is 1.49. The Kier molecular flexibility index (Phi) is 4.85. The number of halogens is 1. The van der Waals surface area contributed by atoms with Crippen molar-refractivity contribution in [3.8, 4) is 11.1 Å². The summed E-state index contributed by atoms with van der Waals surface area (Å²) >= 11 is -1.14. The first-order valence-corrected chi connectivity index (χ1v) is 9.83. The van der Waals surface area contributed by atoms with Crippen molar-refractivity contribution in [2.24, 2.45) is 4.40 Å². The predicted octanol–water partition coefficient (Wildman–Crippen LogP) is 5.16. The number of carbonyl (C=O) groups excluding carboxylic acids is 1. The predicted molar refractivity (Wildman–Crippen MR) is 111 cm³/mol. The molecule has 0 saturated heterocycles. The molecule has 27 heavy (non-hydrogen) atoms. The fourth-order valence-corrected chi connectivity index (χ4v) is 3.92. The molecule has 0 bridgehead atoms. The summed E-state index contributed by atoms with van der Waals surface area (Å²) in [6, 6.07) is 21.4. The van der Waals surface area contributed by atoms with E-state index in [4.69, 9.17) is 0 Å². The second kappa shape index (κ2) is 7.60. The number of hydrogen-bond acceptors (Lipinski definition) is 2. The second-order valence-corrected chi connectivity index (χ2v) is 7.47. The van der Waals surface area contributed by atoms with E-state index in [0.29, 0.717) is 11.1 Å². The van der Waals surface area contributed by atoms with E-state index in [9.17, 15) is 9.18 Å². The van der Waals surface area contributed by atoms with Gasteiger partial charge in [0, 0.05) is 22.9 Å². The Hall–Kier alpha value is -3.18. The molecule has 3 nitrogen and oxygen atoms in total. The van der Waals surface area contributed by atoms with Gasteiger partial charge >= 0.3 is 0 Å². The molecule has 0 saturated carbocycles. The van der Waals surface area contributed by atoms with Gasteiger partial charge in [-0.25, -0.2) is 8.79 Å². The fraction of sp³-hybridized carbons (Fsp3) is 0. The van der Waals surface area contributed by atoms with Crippen molar-refractivity contribution in [1.82, 2.24) is 4.72 Å². The van der Waals surface area contributed by atoms with Crippen molar-refractivity contribution in [1.29, 1.82) is 0 Å². The molecule has 1 unspecified atom stereocenters. The number of thiol groups is 1. The van der Waals surface area contributed by atoms with Crippen LogP contribution in [0.3, 0.4) is 0 Å². The van der Waals surface area contributed by atoms with Crippen molar-refractivity contribution in [3.63, 3.8) is 0 Å². The standard InChI is InChI=1S/C22H17FN2OS/c23-21-8-4-3-7-20(21)17-9-11-18(12-10-17)22(26)25-27-14-13-16-5-1-2-6-19(16)15-24-27/h1-15,27H,(H,25,26). The quantitative estimate of drug-likeness (QED) is 0.609. The molecule has 0 fully saturated rings. The zero-order valence-electron chi connectivity index (χ0n) is 14.3. The van der Waals surface area contributed by atoms with Gasteiger partial charge in [-0.3, -0.25) is 9.52 Å². The lowest BCUT2D eigenvalue weighted by molar-refractivity contribution is 0.0984. The molecule has 4 rings (SSSR count). The van der Waals surface area contributed by atoms with Crippen LogP contribution in [0.5, 0.6) is 0 Å². The molecule has 0 aromatic heterocycles. The van der Waals surface area contributed by atoms with Gasteiger partial charge in [-0.05, 0) is 40.8 Å². The smallest absolute Gasteiger partial charge is 0.261 e. The molecule has 134 valence electrons. The average molecular weight is 376 g/mol. The molecule has 1 aliphatic rings. The van der Waals surface area contributed by atoms with Gasteiger partial charge in [-0.15, -0.1) is 0 Å². The highest BCUT2D eigenvalue weighted by Gasteiger charge is 2.11. The molecule has 1 heterocycles. The van der Waals surface area contributed by atoms with Gasteiger partial charge in [-0.1, -0.05) is 65.9 Å². The van der Waals surface area contributed by atoms with Crippen LogP contribution in [-0.2, 0) is 0 Å². The van der Waals surface area contributed by atoms with Crippen LogP contribution in [0.4, 0.5) is 4.39 Å². The van der Waals surface area contributed by atoms with Gasteiger partial charge in [0.2, 0.25) is 0 Å². The fourth-order valence-electron chi connectivity index (χ4n) is 2.83. The van der Waals surface area contributed by atoms with Crippen molar-refractivity contribution in [2.45, 2.75) is 0 Å². The minimum absolute atomic E-state index is 0.200. The SMILES string of the molecule is O=C(N[SH]1C=Cc2ccccc2C=N1)c1ccc(-c2ccccc2F)cc1. The van der Waals surface area contributed by atoms with Gasteiger partial charge in [0.15, 0.2) is 0 Å². The minimum atomic E-state index is -1.14. The number of fused-ring (bicyclic) bond motifs is 1. The normalized spacial score (nSPS) is 16.4. The molecule has 0 spiro atoms. The Morgan fingerprint density at radius 3 is 2.37 bits per heavy atom. The third kappa shape index (κ3) is 3.83. The van der Waals surface area contributed by atoms with E-state index in [1.165, 1.54) is 6.07 Å². The third-order valence-electron chi connectivity index (χ3n) is 4.26. The van der Waals surface area contributed by atoms with E-state index in [1.807, 2.05) is 35.7 Å². The third-order valence-corrected chi connectivity index (χ3v) is 5.49. The van der Waals surface area contributed by atoms with Gasteiger partial charge in [0.1, 0.15) is 5.82 Å². The molecule has 5 heteroatoms. The maximum atomic E-state index is 13.9. The number of nitrogens with one attached hydrogen (secondary N) is 1. The molecule has 0 radical (unpaired) electrons. The van der Waals surface area contributed by atoms with Gasteiger partial charge in [0.05, 0.1) is 0 Å². The van der Waals surface area contributed by atoms with Crippen LogP contribution in [0.1, 0.15) is 21.5 Å². The zero-order valence-corrected chi connectivity index (χ0v) is 15.2. The van der Waals surface area contributed by atoms with Crippen molar-refractivity contribution in [2.75, 3.05) is 0 Å². The molecule has 1 N–H and O–H groups in total. The van der Waals surface area contributed by atoms with Crippen LogP contribution < -0.4 is 4.72 Å². The Labute approximate surface area is 159 Å². The van der Waals surface area contributed by atoms with Gasteiger partial charge in [0.25, 0.3) is 5.91 Å². The number of benzene rings is 3. The molecule has 3 aromatic rings. The number of carbonyl (C=O) groups is 1. The summed E-state index contributed by atoms with van der Waals surface area (Å²) in [6.07, 6.45) is 3.78. The second-order valence-electron chi connectivity index (χ2n) is 6.03. The van der Waals surface area contributed by atoms with E-state index in [-0.39, 0.29) is 11.7 Å². The summed E-state index contributed by atoms with van der Waals surface area (Å²) in [4.78, 5) is 12.5. The van der Waals surface area contributed by atoms with Crippen LogP contribution in [-0.4, -0.2) is 12.1 Å². The molecule has 1 aliphatic heterocycles. The van der Waals surface area contributed by atoms with E-state index >= 15 is 0 Å². The number of hydrogen-bond donors (Lipinski definition) is 2. The van der Waals surface area contributed by atoms with Gasteiger partial charge < -0.3 is 0 Å². The lowest BCUT2D eigenvalue weighted by Gasteiger charge is -2.13. The number of nitrogens with zero attached hydrogens (tertiary/aromatic N) is 1. The molecular weight excluding hydrogens is 359 g/mol. The maximum Gasteiger partial charge on any atom is 0.261 e. The van der Waals surface area contributed by atoms with E-state index in [1.54, 1.807) is 48.7 Å². The summed E-state index contributed by atoms with van der Waals surface area (Å²) in [5, 5.41) is 1.92. The summed E-state index contributed by atoms with van der Waals surface area (Å²) in [7, 11) is 0. The van der Waals surface area contributed by atoms with Crippen LogP contribution in [0.15, 0.2) is 82.6 Å². The highest BCUT2D eigenvalue weighted by atomic mass is 32.2. The summed E-state index contributed by atoms with van der Waals surface area (Å²) in [6.45, 7) is 0. The van der Waals surface area contributed by atoms with Crippen LogP contribution in [0.25, 0.3) is 17.2 Å². The Morgan fingerprint density at radius 2 is 1.59 bits per heavy atom. The molecular formula is C22H17FN2OS. The Bertz CT molecular complexity index is 1010. The maximum absolute atomic E-state index is 13.9. The summed E-state index contributed by atoms with van der Waals surface area (Å²) in [5.41, 5.74) is 3.88. The van der Waals surface area contributed by atoms with Gasteiger partial charge in [-0.2, -0.15) is 0 Å². The molecule has 0 aliphatic carbocycles. The summed E-state index contributed by atoms with van der Waals surface area (Å²) < 4.78 is 21.3. The monoisotopic (exact) mass is 376 g/mol. The lowest BCUT2D eigenvalue weighted by atomic mass is 10.0. The molecule has 1 amide bonds. The Morgan fingerprint density at radius 1 is 0.889 bits per heavy atom. The average Bonchev–Trinajstić information content (AvgIpc) is 2.91. The van der Waals surface area contributed by atoms with Crippen LogP contribution in [0.2, 0.25) is 0 Å². The van der Waals surface area contributed by atoms with E-state index < -0.39 is 11.3 Å². The van der Waals surface area contributed by atoms with Crippen molar-refractivity contribution < 1.29 is 9.18 Å². The number of rotatable bonds is 3. The first-order valence-electron chi connectivity index (χ1n) is 8.47. The topological polar surface area (TPSA) is 41.5 Å². The zero-order chi connectivity index (χ0) is 18.6. The largest absolute Gasteiger partial charge is 0.296 e. The van der Waals surface area contributed by atoms with Crippen molar-refractivity contribution >= 4 is 29.5 Å². The van der Waals surface area contributed by atoms with E-state index in [2.05, 4.69) is 9.12 Å². The lowest BCUT2D eigenvalue weighted by Crippen LogP contribution is -2.18. The highest BCUT2D eigenvalue weighted by Crippen LogP contribution is 2.29. The molecule has 1 atom stereocenters. The van der Waals surface area contributed by atoms with Crippen molar-refractivity contribution in [3.05, 3.63) is 101 Å². The van der Waals surface area contributed by atoms with Crippen LogP contribution >= 0.6 is 11.3 Å². The first-order chi connectivity index (χ1) is 13.2. The summed E-state index contributed by atoms with van der Waals surface area (Å²) in [5.74, 6) is -0.482. The van der Waals surface area contributed by atoms with E-state index in [0.717, 1.165) is 16.7 Å². The first kappa shape index (κ1) is 17.2. The molecule has 3 aromatic carbocycles. The number of amides is 1. The minimum Gasteiger partial charge on any atom is -0.296 e.